The van der Waals surface area contributed by atoms with E-state index in [0.717, 1.165) is 44.6 Å². The van der Waals surface area contributed by atoms with Gasteiger partial charge in [0, 0.05) is 6.07 Å². The van der Waals surface area contributed by atoms with Crippen LogP contribution in [0.5, 0.6) is 5.75 Å². The molecule has 0 atom stereocenters. The smallest absolute Gasteiger partial charge is 0.400 e. The summed E-state index contributed by atoms with van der Waals surface area (Å²) in [6, 6.07) is 4.21. The molecule has 1 aliphatic rings. The van der Waals surface area contributed by atoms with E-state index < -0.39 is 17.8 Å². The van der Waals surface area contributed by atoms with Gasteiger partial charge in [-0.05, 0) is 67.9 Å². The molecular formula is C23H35F3O. The van der Waals surface area contributed by atoms with Crippen molar-refractivity contribution in [1.29, 1.82) is 0 Å². The molecule has 1 aliphatic carbocycles. The van der Waals surface area contributed by atoms with E-state index in [1.807, 2.05) is 13.8 Å². The fraction of sp³-hybridized carbons (Fsp3) is 0.739. The third kappa shape index (κ3) is 5.42. The van der Waals surface area contributed by atoms with Gasteiger partial charge in [0.05, 0.1) is 5.92 Å². The molecule has 27 heavy (non-hydrogen) atoms. The van der Waals surface area contributed by atoms with Gasteiger partial charge in [-0.25, -0.2) is 4.39 Å². The van der Waals surface area contributed by atoms with Crippen LogP contribution >= 0.6 is 0 Å². The van der Waals surface area contributed by atoms with Crippen LogP contribution in [0.1, 0.15) is 90.5 Å². The number of hydrogen-bond acceptors (Lipinski definition) is 1. The van der Waals surface area contributed by atoms with Gasteiger partial charge in [0.1, 0.15) is 11.6 Å². The van der Waals surface area contributed by atoms with Crippen LogP contribution in [0.3, 0.4) is 0 Å². The summed E-state index contributed by atoms with van der Waals surface area (Å²) in [5, 5.41) is 0. The van der Waals surface area contributed by atoms with E-state index in [2.05, 4.69) is 13.8 Å². The van der Waals surface area contributed by atoms with E-state index in [1.165, 1.54) is 6.07 Å². The van der Waals surface area contributed by atoms with Crippen molar-refractivity contribution < 1.29 is 17.9 Å². The highest BCUT2D eigenvalue weighted by Gasteiger charge is 2.44. The van der Waals surface area contributed by atoms with Crippen molar-refractivity contribution in [2.45, 2.75) is 91.1 Å². The van der Waals surface area contributed by atoms with Crippen molar-refractivity contribution in [2.75, 3.05) is 0 Å². The maximum Gasteiger partial charge on any atom is 0.400 e. The number of rotatable bonds is 9. The fourth-order valence-corrected chi connectivity index (χ4v) is 4.75. The van der Waals surface area contributed by atoms with Gasteiger partial charge in [-0.2, -0.15) is 8.78 Å². The third-order valence-corrected chi connectivity index (χ3v) is 6.61. The monoisotopic (exact) mass is 384 g/mol. The van der Waals surface area contributed by atoms with Crippen LogP contribution in [0.4, 0.5) is 13.2 Å². The molecule has 0 heterocycles. The second-order valence-electron chi connectivity index (χ2n) is 8.05. The SMILES string of the molecule is CCC(CC)c1ccc(OC(F)(F)C2CCC(C(CC)CC)CC2)cc1F. The van der Waals surface area contributed by atoms with Crippen LogP contribution in [0.15, 0.2) is 18.2 Å². The summed E-state index contributed by atoms with van der Waals surface area (Å²) in [5.41, 5.74) is 0.585. The van der Waals surface area contributed by atoms with Gasteiger partial charge in [-0.3, -0.25) is 0 Å². The largest absolute Gasteiger partial charge is 0.432 e. The van der Waals surface area contributed by atoms with E-state index in [9.17, 15) is 13.2 Å². The second-order valence-corrected chi connectivity index (χ2v) is 8.05. The van der Waals surface area contributed by atoms with Crippen LogP contribution in [-0.4, -0.2) is 6.11 Å². The quantitative estimate of drug-likeness (QED) is 0.420. The van der Waals surface area contributed by atoms with Crippen molar-refractivity contribution in [3.8, 4) is 5.75 Å². The van der Waals surface area contributed by atoms with Gasteiger partial charge in [-0.1, -0.05) is 46.6 Å². The summed E-state index contributed by atoms with van der Waals surface area (Å²) < 4.78 is 48.7. The number of halogens is 3. The van der Waals surface area contributed by atoms with Gasteiger partial charge in [0.15, 0.2) is 0 Å². The first-order chi connectivity index (χ1) is 12.9. The average Bonchev–Trinajstić information content (AvgIpc) is 2.65. The van der Waals surface area contributed by atoms with E-state index in [4.69, 9.17) is 4.74 Å². The van der Waals surface area contributed by atoms with Crippen molar-refractivity contribution in [3.63, 3.8) is 0 Å². The van der Waals surface area contributed by atoms with Gasteiger partial charge < -0.3 is 4.74 Å². The molecule has 0 radical (unpaired) electrons. The van der Waals surface area contributed by atoms with Crippen molar-refractivity contribution in [3.05, 3.63) is 29.6 Å². The van der Waals surface area contributed by atoms with Gasteiger partial charge in [0.2, 0.25) is 0 Å². The summed E-state index contributed by atoms with van der Waals surface area (Å²) in [6.07, 6.45) is 3.23. The topological polar surface area (TPSA) is 9.23 Å². The summed E-state index contributed by atoms with van der Waals surface area (Å²) in [6.45, 7) is 8.37. The first kappa shape index (κ1) is 22.1. The van der Waals surface area contributed by atoms with Crippen LogP contribution in [0, 0.1) is 23.6 Å². The molecule has 2 rings (SSSR count). The first-order valence-corrected chi connectivity index (χ1v) is 10.7. The Kier molecular flexibility index (Phi) is 8.05. The Hall–Kier alpha value is -1.19. The van der Waals surface area contributed by atoms with Gasteiger partial charge in [0.25, 0.3) is 0 Å². The standard InChI is InChI=1S/C23H35F3O/c1-5-16(6-2)18-9-11-19(12-10-18)23(25,26)27-20-13-14-21(22(24)15-20)17(7-3)8-4/h13-19H,5-12H2,1-4H3. The Balaban J connectivity index is 2.01. The van der Waals surface area contributed by atoms with Crippen molar-refractivity contribution in [2.24, 2.45) is 17.8 Å². The minimum absolute atomic E-state index is 0.0747. The van der Waals surface area contributed by atoms with E-state index in [1.54, 1.807) is 6.07 Å². The predicted octanol–water partition coefficient (Wildman–Crippen LogP) is 7.94. The maximum absolute atomic E-state index is 14.7. The molecule has 0 saturated heterocycles. The van der Waals surface area contributed by atoms with Crippen LogP contribution in [0.25, 0.3) is 0 Å². The molecule has 0 spiro atoms. The molecule has 0 aliphatic heterocycles. The Morgan fingerprint density at radius 1 is 0.963 bits per heavy atom. The molecule has 1 nitrogen and oxygen atoms in total. The highest BCUT2D eigenvalue weighted by atomic mass is 19.3. The lowest BCUT2D eigenvalue weighted by molar-refractivity contribution is -0.224. The molecule has 0 amide bonds. The molecule has 4 heteroatoms. The maximum atomic E-state index is 14.7. The minimum atomic E-state index is -3.25. The molecule has 1 aromatic rings. The number of benzene rings is 1. The summed E-state index contributed by atoms with van der Waals surface area (Å²) in [7, 11) is 0. The van der Waals surface area contributed by atoms with E-state index in [-0.39, 0.29) is 11.7 Å². The summed E-state index contributed by atoms with van der Waals surface area (Å²) in [4.78, 5) is 0. The Bertz CT molecular complexity index is 571. The highest BCUT2D eigenvalue weighted by molar-refractivity contribution is 5.31. The summed E-state index contributed by atoms with van der Waals surface area (Å²) in [5.74, 6) is -0.0235. The molecule has 154 valence electrons. The third-order valence-electron chi connectivity index (χ3n) is 6.61. The molecular weight excluding hydrogens is 349 g/mol. The van der Waals surface area contributed by atoms with Crippen LogP contribution in [0.2, 0.25) is 0 Å². The first-order valence-electron chi connectivity index (χ1n) is 10.7. The molecule has 0 unspecified atom stereocenters. The fourth-order valence-electron chi connectivity index (χ4n) is 4.75. The number of ether oxygens (including phenoxy) is 1. The van der Waals surface area contributed by atoms with Gasteiger partial charge in [-0.15, -0.1) is 0 Å². The lowest BCUT2D eigenvalue weighted by atomic mass is 9.74. The van der Waals surface area contributed by atoms with Crippen LogP contribution < -0.4 is 4.74 Å². The molecule has 1 saturated carbocycles. The Morgan fingerprint density at radius 3 is 2.04 bits per heavy atom. The predicted molar refractivity (Wildman–Crippen MR) is 105 cm³/mol. The van der Waals surface area contributed by atoms with Crippen molar-refractivity contribution >= 4 is 0 Å². The van der Waals surface area contributed by atoms with Crippen molar-refractivity contribution in [1.82, 2.24) is 0 Å². The summed E-state index contributed by atoms with van der Waals surface area (Å²) >= 11 is 0. The molecule has 1 aromatic carbocycles. The lowest BCUT2D eigenvalue weighted by Gasteiger charge is -2.36. The minimum Gasteiger partial charge on any atom is -0.432 e. The van der Waals surface area contributed by atoms with E-state index in [0.29, 0.717) is 30.2 Å². The zero-order valence-corrected chi connectivity index (χ0v) is 17.2. The molecule has 0 bridgehead atoms. The van der Waals surface area contributed by atoms with Gasteiger partial charge >= 0.3 is 6.11 Å². The normalized spacial score (nSPS) is 21.1. The Morgan fingerprint density at radius 2 is 1.56 bits per heavy atom. The molecule has 0 aromatic heterocycles. The second kappa shape index (κ2) is 9.84. The highest BCUT2D eigenvalue weighted by Crippen LogP contribution is 2.43. The number of hydrogen-bond donors (Lipinski definition) is 0. The van der Waals surface area contributed by atoms with Crippen LogP contribution in [-0.2, 0) is 0 Å². The number of alkyl halides is 2. The average molecular weight is 385 g/mol. The Labute approximate surface area is 162 Å². The zero-order valence-electron chi connectivity index (χ0n) is 17.2. The zero-order chi connectivity index (χ0) is 20.0. The lowest BCUT2D eigenvalue weighted by Crippen LogP contribution is -2.38. The molecule has 1 fully saturated rings. The molecule has 0 N–H and O–H groups in total. The van der Waals surface area contributed by atoms with E-state index >= 15 is 0 Å².